The van der Waals surface area contributed by atoms with Gasteiger partial charge in [0.15, 0.2) is 0 Å². The smallest absolute Gasteiger partial charge is 0.147 e. The Hall–Kier alpha value is -4.02. The van der Waals surface area contributed by atoms with Crippen LogP contribution in [0.15, 0.2) is 126 Å². The molecule has 0 radical (unpaired) electrons. The lowest BCUT2D eigenvalue weighted by atomic mass is 9.73. The van der Waals surface area contributed by atoms with Gasteiger partial charge in [-0.15, -0.1) is 0 Å². The van der Waals surface area contributed by atoms with Crippen LogP contribution in [0.5, 0.6) is 23.0 Å². The average Bonchev–Trinajstić information content (AvgIpc) is 2.93. The second-order valence-electron chi connectivity index (χ2n) is 9.58. The zero-order chi connectivity index (χ0) is 25.4. The van der Waals surface area contributed by atoms with E-state index < -0.39 is 0 Å². The minimum absolute atomic E-state index is 0.133. The molecule has 0 amide bonds. The highest BCUT2D eigenvalue weighted by Crippen LogP contribution is 2.53. The van der Waals surface area contributed by atoms with Crippen LogP contribution in [0, 0.1) is 0 Å². The van der Waals surface area contributed by atoms with E-state index in [9.17, 15) is 0 Å². The van der Waals surface area contributed by atoms with Crippen molar-refractivity contribution >= 4 is 33.0 Å². The molecule has 0 atom stereocenters. The second kappa shape index (κ2) is 9.45. The van der Waals surface area contributed by atoms with Crippen molar-refractivity contribution in [2.24, 2.45) is 0 Å². The molecule has 0 bridgehead atoms. The fourth-order valence-corrected chi connectivity index (χ4v) is 5.41. The molecule has 37 heavy (non-hydrogen) atoms. The molecule has 0 fully saturated rings. The summed E-state index contributed by atoms with van der Waals surface area (Å²) in [5.41, 5.74) is 5.65. The summed E-state index contributed by atoms with van der Waals surface area (Å²) in [6.07, 6.45) is 0. The van der Waals surface area contributed by atoms with Crippen LogP contribution in [-0.4, -0.2) is 0 Å². The van der Waals surface area contributed by atoms with E-state index in [4.69, 9.17) is 9.47 Å². The van der Waals surface area contributed by atoms with Gasteiger partial charge in [0.1, 0.15) is 27.5 Å². The molecular weight excluding hydrogens is 522 g/mol. The first-order chi connectivity index (χ1) is 18.0. The third-order valence-corrected chi connectivity index (χ3v) is 7.61. The molecule has 5 aromatic carbocycles. The summed E-state index contributed by atoms with van der Waals surface area (Å²) in [7, 11) is 0. The predicted octanol–water partition coefficient (Wildman–Crippen LogP) is 10.1. The summed E-state index contributed by atoms with van der Waals surface area (Å²) >= 11 is 3.77. The number of benzene rings is 5. The van der Waals surface area contributed by atoms with Crippen molar-refractivity contribution in [3.05, 3.63) is 137 Å². The van der Waals surface area contributed by atoms with Crippen molar-refractivity contribution in [1.29, 1.82) is 0 Å². The first kappa shape index (κ1) is 23.4. The van der Waals surface area contributed by atoms with E-state index in [0.717, 1.165) is 33.0 Å². The molecule has 0 saturated heterocycles. The van der Waals surface area contributed by atoms with Gasteiger partial charge in [-0.3, -0.25) is 0 Å². The van der Waals surface area contributed by atoms with Gasteiger partial charge in [0.2, 0.25) is 0 Å². The van der Waals surface area contributed by atoms with Crippen molar-refractivity contribution in [2.75, 3.05) is 4.90 Å². The molecule has 1 aliphatic heterocycles. The number of halogens is 1. The lowest BCUT2D eigenvalue weighted by Crippen LogP contribution is -2.30. The lowest BCUT2D eigenvalue weighted by Gasteiger charge is -2.42. The Bertz CT molecular complexity index is 1450. The van der Waals surface area contributed by atoms with Crippen molar-refractivity contribution in [1.82, 2.24) is 0 Å². The van der Waals surface area contributed by atoms with Crippen LogP contribution < -0.4 is 14.4 Å². The molecule has 4 heteroatoms. The van der Waals surface area contributed by atoms with Gasteiger partial charge >= 0.3 is 0 Å². The summed E-state index contributed by atoms with van der Waals surface area (Å²) in [4.78, 5) is 2.30. The number of nitrogens with zero attached hydrogens (tertiary/aromatic N) is 1. The number of para-hydroxylation sites is 4. The van der Waals surface area contributed by atoms with E-state index in [1.165, 1.54) is 11.1 Å². The zero-order valence-corrected chi connectivity index (χ0v) is 22.3. The van der Waals surface area contributed by atoms with Crippen molar-refractivity contribution in [3.8, 4) is 23.0 Å². The Balaban J connectivity index is 1.56. The normalized spacial score (nSPS) is 13.4. The molecule has 0 aliphatic carbocycles. The Morgan fingerprint density at radius 2 is 0.973 bits per heavy atom. The third kappa shape index (κ3) is 4.28. The van der Waals surface area contributed by atoms with E-state index >= 15 is 0 Å². The van der Waals surface area contributed by atoms with Crippen molar-refractivity contribution in [3.63, 3.8) is 0 Å². The molecule has 0 N–H and O–H groups in total. The summed E-state index contributed by atoms with van der Waals surface area (Å²) in [6.45, 7) is 4.58. The molecule has 0 spiro atoms. The number of hydrogen-bond acceptors (Lipinski definition) is 3. The number of fused-ring (bicyclic) bond motifs is 2. The van der Waals surface area contributed by atoms with E-state index in [1.807, 2.05) is 60.7 Å². The Labute approximate surface area is 226 Å². The monoisotopic (exact) mass is 547 g/mol. The largest absolute Gasteiger partial charge is 0.456 e. The van der Waals surface area contributed by atoms with Gasteiger partial charge in [-0.05, 0) is 63.5 Å². The highest BCUT2D eigenvalue weighted by atomic mass is 79.9. The van der Waals surface area contributed by atoms with Crippen LogP contribution >= 0.6 is 15.9 Å². The molecule has 3 nitrogen and oxygen atoms in total. The maximum Gasteiger partial charge on any atom is 0.147 e. The third-order valence-electron chi connectivity index (χ3n) is 6.83. The number of ether oxygens (including phenoxy) is 2. The van der Waals surface area contributed by atoms with Crippen LogP contribution in [0.4, 0.5) is 17.1 Å². The van der Waals surface area contributed by atoms with Crippen LogP contribution in [0.1, 0.15) is 25.0 Å². The van der Waals surface area contributed by atoms with E-state index in [0.29, 0.717) is 11.5 Å². The van der Waals surface area contributed by atoms with Gasteiger partial charge in [-0.2, -0.15) is 0 Å². The van der Waals surface area contributed by atoms with Gasteiger partial charge in [0, 0.05) is 17.5 Å². The minimum Gasteiger partial charge on any atom is -0.456 e. The maximum atomic E-state index is 6.38. The van der Waals surface area contributed by atoms with E-state index in [1.54, 1.807) is 0 Å². The Kier molecular flexibility index (Phi) is 5.97. The molecule has 0 aromatic heterocycles. The fraction of sp³-hybridized carbons (Fsp3) is 0.0909. The number of rotatable bonds is 5. The van der Waals surface area contributed by atoms with Gasteiger partial charge in [0.25, 0.3) is 0 Å². The Morgan fingerprint density at radius 1 is 0.568 bits per heavy atom. The molecule has 1 aliphatic rings. The fourth-order valence-electron chi connectivity index (χ4n) is 5.01. The Morgan fingerprint density at radius 3 is 1.43 bits per heavy atom. The minimum atomic E-state index is -0.133. The maximum absolute atomic E-state index is 6.38. The SMILES string of the molecule is CC1(C)c2ccccc2N(c2cc(Oc3ccccc3)c(Br)c(Oc3ccccc3)c2)c2ccccc21. The van der Waals surface area contributed by atoms with Gasteiger partial charge in [-0.25, -0.2) is 0 Å². The van der Waals surface area contributed by atoms with E-state index in [-0.39, 0.29) is 5.41 Å². The van der Waals surface area contributed by atoms with Crippen LogP contribution in [0.25, 0.3) is 0 Å². The lowest BCUT2D eigenvalue weighted by molar-refractivity contribution is 0.455. The molecule has 0 saturated carbocycles. The van der Waals surface area contributed by atoms with Gasteiger partial charge < -0.3 is 14.4 Å². The first-order valence-corrected chi connectivity index (χ1v) is 13.1. The van der Waals surface area contributed by atoms with Crippen molar-refractivity contribution in [2.45, 2.75) is 19.3 Å². The summed E-state index contributed by atoms with van der Waals surface area (Å²) in [5.74, 6) is 2.86. The van der Waals surface area contributed by atoms with Gasteiger partial charge in [-0.1, -0.05) is 86.6 Å². The zero-order valence-electron chi connectivity index (χ0n) is 20.7. The summed E-state index contributed by atoms with van der Waals surface area (Å²) in [6, 6.07) is 41.0. The summed E-state index contributed by atoms with van der Waals surface area (Å²) < 4.78 is 13.5. The highest BCUT2D eigenvalue weighted by molar-refractivity contribution is 9.10. The second-order valence-corrected chi connectivity index (χ2v) is 10.4. The highest BCUT2D eigenvalue weighted by Gasteiger charge is 2.36. The standard InChI is InChI=1S/C33H26BrNO2/c1-33(2)26-17-9-11-19-28(26)35(29-20-12-10-18-27(29)33)23-21-30(36-24-13-5-3-6-14-24)32(34)31(22-23)37-25-15-7-4-8-16-25/h3-22H,1-2H3. The van der Waals surface area contributed by atoms with E-state index in [2.05, 4.69) is 95.3 Å². The summed E-state index contributed by atoms with van der Waals surface area (Å²) in [5, 5.41) is 0. The molecule has 5 aromatic rings. The number of hydrogen-bond donors (Lipinski definition) is 0. The predicted molar refractivity (Wildman–Crippen MR) is 154 cm³/mol. The molecule has 1 heterocycles. The molecular formula is C33H26BrNO2. The first-order valence-electron chi connectivity index (χ1n) is 12.3. The van der Waals surface area contributed by atoms with Gasteiger partial charge in [0.05, 0.1) is 17.1 Å². The average molecular weight is 548 g/mol. The molecule has 182 valence electrons. The van der Waals surface area contributed by atoms with Crippen molar-refractivity contribution < 1.29 is 9.47 Å². The van der Waals surface area contributed by atoms with Crippen LogP contribution in [-0.2, 0) is 5.41 Å². The molecule has 0 unspecified atom stereocenters. The topological polar surface area (TPSA) is 21.7 Å². The molecule has 6 rings (SSSR count). The number of anilines is 3. The quantitative estimate of drug-likeness (QED) is 0.218. The van der Waals surface area contributed by atoms with Crippen LogP contribution in [0.2, 0.25) is 0 Å². The van der Waals surface area contributed by atoms with Crippen LogP contribution in [0.3, 0.4) is 0 Å².